The second kappa shape index (κ2) is 6.95. The number of nitrogens with one attached hydrogen (secondary N) is 3. The van der Waals surface area contributed by atoms with Gasteiger partial charge in [0, 0.05) is 17.8 Å². The van der Waals surface area contributed by atoms with E-state index in [2.05, 4.69) is 51.6 Å². The Hall–Kier alpha value is -2.15. The van der Waals surface area contributed by atoms with E-state index in [0.717, 1.165) is 30.9 Å². The Balaban J connectivity index is 1.64. The monoisotopic (exact) mass is 316 g/mol. The van der Waals surface area contributed by atoms with Crippen molar-refractivity contribution in [3.8, 4) is 5.88 Å². The number of hydrogen-bond donors (Lipinski definition) is 3. The fraction of sp³-hybridized carbons (Fsp3) is 0.562. The fourth-order valence-electron chi connectivity index (χ4n) is 2.66. The van der Waals surface area contributed by atoms with E-state index in [4.69, 9.17) is 4.74 Å². The number of ether oxygens (including phenoxy) is 1. The number of piperidine rings is 1. The number of hydrogen-bond acceptors (Lipinski definition) is 6. The minimum Gasteiger partial charge on any atom is -0.473 e. The molecule has 0 bridgehead atoms. The van der Waals surface area contributed by atoms with Crippen molar-refractivity contribution in [1.82, 2.24) is 25.5 Å². The lowest BCUT2D eigenvalue weighted by Gasteiger charge is -2.28. The topological polar surface area (TPSA) is 87.8 Å². The van der Waals surface area contributed by atoms with E-state index in [1.807, 2.05) is 6.07 Å². The summed E-state index contributed by atoms with van der Waals surface area (Å²) in [7, 11) is 0. The largest absolute Gasteiger partial charge is 0.473 e. The molecule has 0 unspecified atom stereocenters. The van der Waals surface area contributed by atoms with E-state index in [1.165, 1.54) is 0 Å². The number of rotatable bonds is 5. The molecule has 7 heteroatoms. The second-order valence-electron chi connectivity index (χ2n) is 6.35. The minimum atomic E-state index is 0.189. The van der Waals surface area contributed by atoms with Crippen LogP contribution in [0.15, 0.2) is 18.5 Å². The molecular formula is C16H24N6O. The van der Waals surface area contributed by atoms with Gasteiger partial charge in [-0.15, -0.1) is 0 Å². The molecule has 1 saturated heterocycles. The van der Waals surface area contributed by atoms with Crippen molar-refractivity contribution in [3.05, 3.63) is 24.2 Å². The molecule has 0 aliphatic carbocycles. The van der Waals surface area contributed by atoms with Crippen LogP contribution in [0.1, 0.15) is 45.2 Å². The van der Waals surface area contributed by atoms with Crippen LogP contribution in [0.25, 0.3) is 0 Å². The SMILES string of the molecule is CC(C)c1cc(Nc2cncc(O[C@H]3CCN[C@@H](C)C3)n2)n[nH]1. The maximum absolute atomic E-state index is 5.97. The summed E-state index contributed by atoms with van der Waals surface area (Å²) in [6.45, 7) is 7.38. The Morgan fingerprint density at radius 3 is 2.91 bits per heavy atom. The van der Waals surface area contributed by atoms with Gasteiger partial charge >= 0.3 is 0 Å². The molecule has 23 heavy (non-hydrogen) atoms. The van der Waals surface area contributed by atoms with E-state index in [9.17, 15) is 0 Å². The third-order valence-corrected chi connectivity index (χ3v) is 3.95. The molecule has 0 aromatic carbocycles. The van der Waals surface area contributed by atoms with Crippen molar-refractivity contribution >= 4 is 11.6 Å². The van der Waals surface area contributed by atoms with Gasteiger partial charge in [-0.3, -0.25) is 10.1 Å². The van der Waals surface area contributed by atoms with Crippen molar-refractivity contribution in [2.75, 3.05) is 11.9 Å². The first-order valence-electron chi connectivity index (χ1n) is 8.14. The predicted molar refractivity (Wildman–Crippen MR) is 89.1 cm³/mol. The molecule has 1 fully saturated rings. The van der Waals surface area contributed by atoms with Gasteiger partial charge in [0.1, 0.15) is 6.10 Å². The lowest BCUT2D eigenvalue weighted by atomic mass is 10.0. The van der Waals surface area contributed by atoms with Crippen LogP contribution in [0, 0.1) is 0 Å². The molecule has 0 saturated carbocycles. The molecule has 2 aromatic rings. The zero-order valence-electron chi connectivity index (χ0n) is 13.8. The molecule has 3 heterocycles. The lowest BCUT2D eigenvalue weighted by Crippen LogP contribution is -2.40. The number of aromatic nitrogens is 4. The third kappa shape index (κ3) is 4.19. The van der Waals surface area contributed by atoms with Crippen LogP contribution in [-0.2, 0) is 0 Å². The van der Waals surface area contributed by atoms with Crippen LogP contribution in [0.3, 0.4) is 0 Å². The maximum atomic E-state index is 5.97. The van der Waals surface area contributed by atoms with Gasteiger partial charge in [-0.1, -0.05) is 13.8 Å². The normalized spacial score (nSPS) is 21.4. The number of nitrogens with zero attached hydrogens (tertiary/aromatic N) is 3. The van der Waals surface area contributed by atoms with Gasteiger partial charge in [0.2, 0.25) is 5.88 Å². The highest BCUT2D eigenvalue weighted by Crippen LogP contribution is 2.20. The smallest absolute Gasteiger partial charge is 0.234 e. The average Bonchev–Trinajstić information content (AvgIpc) is 2.96. The number of anilines is 2. The minimum absolute atomic E-state index is 0.189. The Morgan fingerprint density at radius 1 is 1.30 bits per heavy atom. The first-order valence-corrected chi connectivity index (χ1v) is 8.14. The average molecular weight is 316 g/mol. The van der Waals surface area contributed by atoms with Crippen molar-refractivity contribution in [3.63, 3.8) is 0 Å². The van der Waals surface area contributed by atoms with E-state index in [0.29, 0.717) is 23.7 Å². The zero-order valence-corrected chi connectivity index (χ0v) is 13.8. The predicted octanol–water partition coefficient (Wildman–Crippen LogP) is 2.59. The quantitative estimate of drug-likeness (QED) is 0.786. The van der Waals surface area contributed by atoms with Gasteiger partial charge in [0.05, 0.1) is 12.4 Å². The Kier molecular flexibility index (Phi) is 4.76. The summed E-state index contributed by atoms with van der Waals surface area (Å²) >= 11 is 0. The summed E-state index contributed by atoms with van der Waals surface area (Å²) in [6.07, 6.45) is 5.48. The highest BCUT2D eigenvalue weighted by atomic mass is 16.5. The maximum Gasteiger partial charge on any atom is 0.234 e. The molecule has 2 atom stereocenters. The molecule has 0 radical (unpaired) electrons. The van der Waals surface area contributed by atoms with E-state index < -0.39 is 0 Å². The van der Waals surface area contributed by atoms with Crippen LogP contribution < -0.4 is 15.4 Å². The van der Waals surface area contributed by atoms with Gasteiger partial charge in [0.15, 0.2) is 11.6 Å². The van der Waals surface area contributed by atoms with Crippen molar-refractivity contribution in [1.29, 1.82) is 0 Å². The summed E-state index contributed by atoms with van der Waals surface area (Å²) in [4.78, 5) is 8.67. The Morgan fingerprint density at radius 2 is 2.17 bits per heavy atom. The lowest BCUT2D eigenvalue weighted by molar-refractivity contribution is 0.138. The molecule has 0 spiro atoms. The van der Waals surface area contributed by atoms with Gasteiger partial charge in [0.25, 0.3) is 0 Å². The van der Waals surface area contributed by atoms with Gasteiger partial charge in [-0.2, -0.15) is 10.1 Å². The highest BCUT2D eigenvalue weighted by molar-refractivity contribution is 5.51. The Bertz CT molecular complexity index is 641. The van der Waals surface area contributed by atoms with Gasteiger partial charge < -0.3 is 15.4 Å². The van der Waals surface area contributed by atoms with Crippen LogP contribution in [0.5, 0.6) is 5.88 Å². The van der Waals surface area contributed by atoms with Crippen molar-refractivity contribution < 1.29 is 4.74 Å². The molecule has 7 nitrogen and oxygen atoms in total. The molecule has 2 aromatic heterocycles. The standard InChI is InChI=1S/C16H24N6O/c1-10(2)13-7-14(22-21-13)19-15-8-17-9-16(20-15)23-12-4-5-18-11(3)6-12/h7-12,18H,4-6H2,1-3H3,(H2,19,20,21,22)/t11-,12-/m0/s1. The van der Waals surface area contributed by atoms with Crippen molar-refractivity contribution in [2.24, 2.45) is 0 Å². The Labute approximate surface area is 136 Å². The van der Waals surface area contributed by atoms with E-state index in [-0.39, 0.29) is 6.10 Å². The second-order valence-corrected chi connectivity index (χ2v) is 6.35. The molecule has 1 aliphatic rings. The van der Waals surface area contributed by atoms with E-state index in [1.54, 1.807) is 12.4 Å². The van der Waals surface area contributed by atoms with Gasteiger partial charge in [-0.05, 0) is 32.2 Å². The first kappa shape index (κ1) is 15.7. The number of aromatic amines is 1. The molecular weight excluding hydrogens is 292 g/mol. The van der Waals surface area contributed by atoms with Crippen LogP contribution in [0.2, 0.25) is 0 Å². The summed E-state index contributed by atoms with van der Waals surface area (Å²) in [5.74, 6) is 2.32. The third-order valence-electron chi connectivity index (χ3n) is 3.95. The molecule has 124 valence electrons. The molecule has 0 amide bonds. The molecule has 3 N–H and O–H groups in total. The zero-order chi connectivity index (χ0) is 16.2. The summed E-state index contributed by atoms with van der Waals surface area (Å²) in [5.41, 5.74) is 1.08. The first-order chi connectivity index (χ1) is 11.1. The number of H-pyrrole nitrogens is 1. The summed E-state index contributed by atoms with van der Waals surface area (Å²) in [6, 6.07) is 2.45. The van der Waals surface area contributed by atoms with E-state index >= 15 is 0 Å². The summed E-state index contributed by atoms with van der Waals surface area (Å²) < 4.78 is 5.97. The van der Waals surface area contributed by atoms with Gasteiger partial charge in [-0.25, -0.2) is 0 Å². The summed E-state index contributed by atoms with van der Waals surface area (Å²) in [5, 5.41) is 13.8. The molecule has 3 rings (SSSR count). The van der Waals surface area contributed by atoms with Crippen LogP contribution >= 0.6 is 0 Å². The van der Waals surface area contributed by atoms with Crippen LogP contribution in [0.4, 0.5) is 11.6 Å². The van der Waals surface area contributed by atoms with Crippen molar-refractivity contribution in [2.45, 2.75) is 51.7 Å². The van der Waals surface area contributed by atoms with Crippen LogP contribution in [-0.4, -0.2) is 38.9 Å². The highest BCUT2D eigenvalue weighted by Gasteiger charge is 2.20. The molecule has 1 aliphatic heterocycles. The fourth-order valence-corrected chi connectivity index (χ4v) is 2.66.